The zero-order valence-electron chi connectivity index (χ0n) is 11.3. The second kappa shape index (κ2) is 8.13. The number of nitrogens with one attached hydrogen (secondary N) is 1. The summed E-state index contributed by atoms with van der Waals surface area (Å²) < 4.78 is 5.91. The van der Waals surface area contributed by atoms with Gasteiger partial charge < -0.3 is 10.1 Å². The highest BCUT2D eigenvalue weighted by molar-refractivity contribution is 5.28. The van der Waals surface area contributed by atoms with Crippen LogP contribution in [0.4, 0.5) is 0 Å². The summed E-state index contributed by atoms with van der Waals surface area (Å²) >= 11 is 0. The highest BCUT2D eigenvalue weighted by Gasteiger charge is 2.04. The molecule has 0 aliphatic carbocycles. The van der Waals surface area contributed by atoms with Crippen molar-refractivity contribution in [3.63, 3.8) is 0 Å². The summed E-state index contributed by atoms with van der Waals surface area (Å²) in [5.41, 5.74) is 1.34. The van der Waals surface area contributed by atoms with Crippen LogP contribution in [0.3, 0.4) is 0 Å². The van der Waals surface area contributed by atoms with Gasteiger partial charge in [-0.05, 0) is 57.0 Å². The molecule has 0 aliphatic rings. The first-order chi connectivity index (χ1) is 8.26. The van der Waals surface area contributed by atoms with E-state index >= 15 is 0 Å². The molecule has 1 N–H and O–H groups in total. The van der Waals surface area contributed by atoms with Gasteiger partial charge in [0.1, 0.15) is 5.75 Å². The second-order valence-electron chi connectivity index (χ2n) is 4.43. The van der Waals surface area contributed by atoms with Gasteiger partial charge in [-0.2, -0.15) is 0 Å². The molecule has 0 aromatic heterocycles. The molecule has 1 aromatic carbocycles. The summed E-state index contributed by atoms with van der Waals surface area (Å²) in [6.45, 7) is 8.58. The summed E-state index contributed by atoms with van der Waals surface area (Å²) in [5, 5.41) is 3.33. The lowest BCUT2D eigenvalue weighted by Gasteiger charge is -2.15. The summed E-state index contributed by atoms with van der Waals surface area (Å²) in [7, 11) is 0. The van der Waals surface area contributed by atoms with Gasteiger partial charge in [-0.15, -0.1) is 0 Å². The molecule has 2 nitrogen and oxygen atoms in total. The molecular weight excluding hydrogens is 210 g/mol. The van der Waals surface area contributed by atoms with Crippen molar-refractivity contribution in [3.8, 4) is 5.75 Å². The molecule has 0 radical (unpaired) electrons. The van der Waals surface area contributed by atoms with Crippen molar-refractivity contribution >= 4 is 0 Å². The minimum absolute atomic E-state index is 0.292. The summed E-state index contributed by atoms with van der Waals surface area (Å²) in [4.78, 5) is 0. The van der Waals surface area contributed by atoms with Gasteiger partial charge >= 0.3 is 0 Å². The Morgan fingerprint density at radius 3 is 2.82 bits per heavy atom. The van der Waals surface area contributed by atoms with Crippen LogP contribution >= 0.6 is 0 Å². The largest absolute Gasteiger partial charge is 0.491 e. The second-order valence-corrected chi connectivity index (χ2v) is 4.43. The molecular formula is C15H25NO. The lowest BCUT2D eigenvalue weighted by molar-refractivity contribution is 0.207. The van der Waals surface area contributed by atoms with Crippen molar-refractivity contribution in [2.45, 2.75) is 46.1 Å². The Bertz CT molecular complexity index is 312. The van der Waals surface area contributed by atoms with Crippen molar-refractivity contribution in [1.29, 1.82) is 0 Å². The zero-order chi connectivity index (χ0) is 12.5. The van der Waals surface area contributed by atoms with Crippen molar-refractivity contribution < 1.29 is 4.74 Å². The standard InChI is InChI=1S/C15H25NO/c1-4-14-9-6-10-15(12-14)17-13(3)8-7-11-16-5-2/h6,9-10,12-13,16H,4-5,7-8,11H2,1-3H3. The predicted octanol–water partition coefficient (Wildman–Crippen LogP) is 3.41. The van der Waals surface area contributed by atoms with Gasteiger partial charge in [-0.25, -0.2) is 0 Å². The van der Waals surface area contributed by atoms with E-state index in [-0.39, 0.29) is 0 Å². The van der Waals surface area contributed by atoms with Gasteiger partial charge in [0.2, 0.25) is 0 Å². The van der Waals surface area contributed by atoms with Crippen LogP contribution in [0.15, 0.2) is 24.3 Å². The number of hydrogen-bond donors (Lipinski definition) is 1. The van der Waals surface area contributed by atoms with Gasteiger partial charge in [0, 0.05) is 0 Å². The van der Waals surface area contributed by atoms with E-state index in [1.807, 2.05) is 6.07 Å². The molecule has 0 bridgehead atoms. The van der Waals surface area contributed by atoms with Gasteiger partial charge in [0.25, 0.3) is 0 Å². The van der Waals surface area contributed by atoms with E-state index in [4.69, 9.17) is 4.74 Å². The minimum Gasteiger partial charge on any atom is -0.491 e. The Labute approximate surface area is 105 Å². The van der Waals surface area contributed by atoms with E-state index in [0.717, 1.165) is 31.7 Å². The van der Waals surface area contributed by atoms with Gasteiger partial charge in [-0.3, -0.25) is 0 Å². The molecule has 0 heterocycles. The highest BCUT2D eigenvalue weighted by atomic mass is 16.5. The van der Waals surface area contributed by atoms with E-state index in [2.05, 4.69) is 44.3 Å². The number of benzene rings is 1. The first kappa shape index (κ1) is 14.0. The predicted molar refractivity (Wildman–Crippen MR) is 73.7 cm³/mol. The lowest BCUT2D eigenvalue weighted by atomic mass is 10.1. The summed E-state index contributed by atoms with van der Waals surface area (Å²) in [6.07, 6.45) is 3.62. The average molecular weight is 235 g/mol. The zero-order valence-corrected chi connectivity index (χ0v) is 11.3. The van der Waals surface area contributed by atoms with Crippen LogP contribution in [-0.2, 0) is 6.42 Å². The van der Waals surface area contributed by atoms with Crippen molar-refractivity contribution in [1.82, 2.24) is 5.32 Å². The monoisotopic (exact) mass is 235 g/mol. The number of rotatable bonds is 8. The Morgan fingerprint density at radius 2 is 2.12 bits per heavy atom. The third-order valence-corrected chi connectivity index (χ3v) is 2.86. The fourth-order valence-electron chi connectivity index (χ4n) is 1.82. The maximum atomic E-state index is 5.91. The Hall–Kier alpha value is -1.02. The highest BCUT2D eigenvalue weighted by Crippen LogP contribution is 2.16. The maximum absolute atomic E-state index is 5.91. The molecule has 1 aromatic rings. The summed E-state index contributed by atoms with van der Waals surface area (Å²) in [6, 6.07) is 8.39. The molecule has 1 unspecified atom stereocenters. The van der Waals surface area contributed by atoms with E-state index in [1.54, 1.807) is 0 Å². The number of hydrogen-bond acceptors (Lipinski definition) is 2. The number of aryl methyl sites for hydroxylation is 1. The van der Waals surface area contributed by atoms with E-state index in [0.29, 0.717) is 6.10 Å². The molecule has 0 saturated heterocycles. The Balaban J connectivity index is 2.31. The molecule has 96 valence electrons. The average Bonchev–Trinajstić information content (AvgIpc) is 2.35. The quantitative estimate of drug-likeness (QED) is 0.697. The third-order valence-electron chi connectivity index (χ3n) is 2.86. The Kier molecular flexibility index (Phi) is 6.71. The van der Waals surface area contributed by atoms with Crippen molar-refractivity contribution in [3.05, 3.63) is 29.8 Å². The van der Waals surface area contributed by atoms with Crippen LogP contribution in [0.1, 0.15) is 39.2 Å². The molecule has 0 spiro atoms. The van der Waals surface area contributed by atoms with Crippen LogP contribution in [0.2, 0.25) is 0 Å². The third kappa shape index (κ3) is 5.73. The fourth-order valence-corrected chi connectivity index (χ4v) is 1.82. The van der Waals surface area contributed by atoms with E-state index in [1.165, 1.54) is 12.0 Å². The van der Waals surface area contributed by atoms with Crippen LogP contribution in [0, 0.1) is 0 Å². The first-order valence-corrected chi connectivity index (χ1v) is 6.72. The van der Waals surface area contributed by atoms with Gasteiger partial charge in [0.05, 0.1) is 6.10 Å². The minimum atomic E-state index is 0.292. The van der Waals surface area contributed by atoms with E-state index < -0.39 is 0 Å². The Morgan fingerprint density at radius 1 is 1.29 bits per heavy atom. The first-order valence-electron chi connectivity index (χ1n) is 6.72. The van der Waals surface area contributed by atoms with Crippen molar-refractivity contribution in [2.75, 3.05) is 13.1 Å². The molecule has 0 fully saturated rings. The fraction of sp³-hybridized carbons (Fsp3) is 0.600. The van der Waals surface area contributed by atoms with E-state index in [9.17, 15) is 0 Å². The van der Waals surface area contributed by atoms with Gasteiger partial charge in [-0.1, -0.05) is 26.0 Å². The smallest absolute Gasteiger partial charge is 0.119 e. The maximum Gasteiger partial charge on any atom is 0.119 e. The van der Waals surface area contributed by atoms with Crippen LogP contribution in [-0.4, -0.2) is 19.2 Å². The van der Waals surface area contributed by atoms with Crippen molar-refractivity contribution in [2.24, 2.45) is 0 Å². The molecule has 0 saturated carbocycles. The number of ether oxygens (including phenoxy) is 1. The topological polar surface area (TPSA) is 21.3 Å². The van der Waals surface area contributed by atoms with Crippen LogP contribution < -0.4 is 10.1 Å². The van der Waals surface area contributed by atoms with Gasteiger partial charge in [0.15, 0.2) is 0 Å². The van der Waals surface area contributed by atoms with Crippen LogP contribution in [0.5, 0.6) is 5.75 Å². The normalized spacial score (nSPS) is 12.4. The molecule has 17 heavy (non-hydrogen) atoms. The summed E-state index contributed by atoms with van der Waals surface area (Å²) in [5.74, 6) is 1.00. The lowest BCUT2D eigenvalue weighted by Crippen LogP contribution is -2.18. The SMILES string of the molecule is CCNCCCC(C)Oc1cccc(CC)c1. The molecule has 0 aliphatic heterocycles. The molecule has 1 atom stereocenters. The molecule has 1 rings (SSSR count). The van der Waals surface area contributed by atoms with Crippen LogP contribution in [0.25, 0.3) is 0 Å². The molecule has 2 heteroatoms. The molecule has 0 amide bonds.